The number of aliphatic hydroxyl groups excluding tert-OH is 11. The van der Waals surface area contributed by atoms with Gasteiger partial charge in [-0.05, 0) is 24.3 Å². The van der Waals surface area contributed by atoms with Crippen LogP contribution in [-0.2, 0) is 18.9 Å². The second-order valence-electron chi connectivity index (χ2n) is 12.9. The van der Waals surface area contributed by atoms with Crippen LogP contribution in [0.15, 0.2) is 45.6 Å². The van der Waals surface area contributed by atoms with E-state index in [-0.39, 0.29) is 22.6 Å². The predicted octanol–water partition coefficient (Wildman–Crippen LogP) is -4.95. The normalized spacial score (nSPS) is 37.3. The second-order valence-corrected chi connectivity index (χ2v) is 12.9. The van der Waals surface area contributed by atoms with Crippen LogP contribution < -0.4 is 14.9 Å². The van der Waals surface area contributed by atoms with E-state index in [4.69, 9.17) is 32.8 Å². The summed E-state index contributed by atoms with van der Waals surface area (Å²) in [6.45, 7) is -2.48. The minimum absolute atomic E-state index is 0.0723. The Hall–Kier alpha value is -3.75. The Morgan fingerprint density at radius 3 is 1.69 bits per heavy atom. The fourth-order valence-corrected chi connectivity index (χ4v) is 6.28. The molecule has 15 atom stereocenters. The number of ether oxygens (including phenoxy) is 6. The van der Waals surface area contributed by atoms with E-state index >= 15 is 0 Å². The molecule has 298 valence electrons. The van der Waals surface area contributed by atoms with Gasteiger partial charge in [0.15, 0.2) is 18.2 Å². The van der Waals surface area contributed by atoms with Crippen LogP contribution in [0.25, 0.3) is 22.3 Å². The van der Waals surface area contributed by atoms with Gasteiger partial charge in [-0.15, -0.1) is 0 Å². The Bertz CT molecular complexity index is 1800. The Kier molecular flexibility index (Phi) is 11.9. The molecule has 0 spiro atoms. The van der Waals surface area contributed by atoms with E-state index in [1.165, 1.54) is 24.3 Å². The monoisotopic (exact) mass is 772 g/mol. The van der Waals surface area contributed by atoms with Gasteiger partial charge in [0.05, 0.1) is 19.8 Å². The van der Waals surface area contributed by atoms with Crippen molar-refractivity contribution in [1.82, 2.24) is 0 Å². The largest absolute Gasteiger partial charge is 0.508 e. The van der Waals surface area contributed by atoms with Crippen molar-refractivity contribution in [3.05, 3.63) is 46.6 Å². The molecule has 0 saturated carbocycles. The summed E-state index contributed by atoms with van der Waals surface area (Å²) >= 11 is 0. The van der Waals surface area contributed by atoms with Crippen LogP contribution in [0.3, 0.4) is 0 Å². The van der Waals surface area contributed by atoms with Gasteiger partial charge in [-0.3, -0.25) is 4.79 Å². The Labute approximate surface area is 303 Å². The number of aromatic hydroxyl groups is 2. The maximum atomic E-state index is 14.2. The van der Waals surface area contributed by atoms with E-state index in [1.807, 2.05) is 0 Å². The molecule has 4 heterocycles. The number of hydrogen-bond acceptors (Lipinski definition) is 21. The minimum Gasteiger partial charge on any atom is -0.508 e. The molecule has 3 aliphatic heterocycles. The zero-order chi connectivity index (χ0) is 39.2. The first-order chi connectivity index (χ1) is 25.7. The molecule has 21 heteroatoms. The molecule has 54 heavy (non-hydrogen) atoms. The number of phenols is 2. The molecule has 6 rings (SSSR count). The summed E-state index contributed by atoms with van der Waals surface area (Å²) in [6.07, 6.45) is -26.7. The zero-order valence-electron chi connectivity index (χ0n) is 27.8. The summed E-state index contributed by atoms with van der Waals surface area (Å²) in [5.41, 5.74) is -1.38. The molecule has 0 bridgehead atoms. The van der Waals surface area contributed by atoms with Crippen LogP contribution >= 0.6 is 0 Å². The third kappa shape index (κ3) is 7.45. The van der Waals surface area contributed by atoms with Crippen molar-refractivity contribution in [1.29, 1.82) is 0 Å². The third-order valence-electron chi connectivity index (χ3n) is 9.33. The lowest BCUT2D eigenvalue weighted by molar-refractivity contribution is -0.358. The fraction of sp³-hybridized carbons (Fsp3) is 0.545. The van der Waals surface area contributed by atoms with Crippen LogP contribution in [0.2, 0.25) is 0 Å². The van der Waals surface area contributed by atoms with Gasteiger partial charge in [-0.1, -0.05) is 0 Å². The fourth-order valence-electron chi connectivity index (χ4n) is 6.28. The van der Waals surface area contributed by atoms with Crippen molar-refractivity contribution in [2.45, 2.75) is 92.1 Å². The van der Waals surface area contributed by atoms with Crippen LogP contribution in [-0.4, -0.2) is 178 Å². The van der Waals surface area contributed by atoms with Gasteiger partial charge >= 0.3 is 0 Å². The topological polar surface area (TPSA) is 349 Å². The SMILES string of the molecule is O=c1c(O[C@@H]2O[C@H](CO)[C@@H](O)[C@H](O)[C@H]2O[C@@H]2O[C@H](CO)[C@@H](O)[C@H](O)[C@H]2O)c(-c2ccc(O)cc2)oc2cc(O[C@@H]3O[C@H](CO)[C@@H](O)[C@H](O)[C@H]3O)cc(O)c12. The number of aliphatic hydroxyl groups is 11. The average Bonchev–Trinajstić information content (AvgIpc) is 3.15. The lowest BCUT2D eigenvalue weighted by Gasteiger charge is -2.45. The molecule has 2 aromatic carbocycles. The Morgan fingerprint density at radius 1 is 0.593 bits per heavy atom. The van der Waals surface area contributed by atoms with E-state index in [1.54, 1.807) is 0 Å². The highest BCUT2D eigenvalue weighted by Crippen LogP contribution is 2.39. The summed E-state index contributed by atoms with van der Waals surface area (Å²) in [5.74, 6) is -2.38. The Morgan fingerprint density at radius 2 is 1.11 bits per heavy atom. The van der Waals surface area contributed by atoms with Crippen molar-refractivity contribution in [3.63, 3.8) is 0 Å². The van der Waals surface area contributed by atoms with E-state index in [2.05, 4.69) is 0 Å². The second kappa shape index (κ2) is 16.2. The summed E-state index contributed by atoms with van der Waals surface area (Å²) in [5, 5.41) is 133. The van der Waals surface area contributed by atoms with Gasteiger partial charge < -0.3 is 99.2 Å². The highest BCUT2D eigenvalue weighted by molar-refractivity contribution is 5.88. The number of phenolic OH excluding ortho intramolecular Hbond substituents is 2. The van der Waals surface area contributed by atoms with Crippen LogP contribution in [0, 0.1) is 0 Å². The number of rotatable bonds is 10. The van der Waals surface area contributed by atoms with E-state index in [0.717, 1.165) is 12.1 Å². The van der Waals surface area contributed by atoms with Gasteiger partial charge in [0, 0.05) is 17.7 Å². The third-order valence-corrected chi connectivity index (χ3v) is 9.33. The molecule has 3 fully saturated rings. The van der Waals surface area contributed by atoms with Gasteiger partial charge in [0.1, 0.15) is 95.4 Å². The van der Waals surface area contributed by atoms with Crippen molar-refractivity contribution in [2.24, 2.45) is 0 Å². The summed E-state index contributed by atoms with van der Waals surface area (Å²) in [6, 6.07) is 7.07. The smallest absolute Gasteiger partial charge is 0.239 e. The maximum absolute atomic E-state index is 14.2. The predicted molar refractivity (Wildman–Crippen MR) is 173 cm³/mol. The summed E-state index contributed by atoms with van der Waals surface area (Å²) in [7, 11) is 0. The molecule has 0 amide bonds. The lowest BCUT2D eigenvalue weighted by atomic mass is 9.97. The van der Waals surface area contributed by atoms with E-state index in [0.29, 0.717) is 0 Å². The van der Waals surface area contributed by atoms with Crippen LogP contribution in [0.4, 0.5) is 0 Å². The highest BCUT2D eigenvalue weighted by atomic mass is 16.8. The first kappa shape index (κ1) is 39.9. The summed E-state index contributed by atoms with van der Waals surface area (Å²) < 4.78 is 39.6. The highest BCUT2D eigenvalue weighted by Gasteiger charge is 2.52. The van der Waals surface area contributed by atoms with Crippen molar-refractivity contribution in [3.8, 4) is 34.3 Å². The van der Waals surface area contributed by atoms with Crippen molar-refractivity contribution >= 4 is 11.0 Å². The molecule has 3 aromatic rings. The Balaban J connectivity index is 1.41. The molecule has 1 aromatic heterocycles. The first-order valence-corrected chi connectivity index (χ1v) is 16.5. The standard InChI is InChI=1S/C33H40O21/c34-7-15-19(39)23(43)26(46)31(50-15)48-12-5-13(38)18-14(6-12)49-28(10-1-3-11(37)4-2-10)29(22(18)42)53-33-30(25(45)21(41)17(9-36)52-33)54-32-27(47)24(44)20(40)16(8-35)51-32/h1-6,15-17,19-21,23-27,30-41,43-47H,7-9H2/t15-,16-,17-,19-,20-,21-,23+,24+,25+,26-,27-,30-,31-,32+,33+/m1/s1. The van der Waals surface area contributed by atoms with E-state index < -0.39 is 140 Å². The van der Waals surface area contributed by atoms with Crippen molar-refractivity contribution in [2.75, 3.05) is 19.8 Å². The molecular weight excluding hydrogens is 732 g/mol. The molecule has 21 nitrogen and oxygen atoms in total. The number of fused-ring (bicyclic) bond motifs is 1. The molecule has 0 unspecified atom stereocenters. The van der Waals surface area contributed by atoms with E-state index in [9.17, 15) is 71.2 Å². The zero-order valence-corrected chi connectivity index (χ0v) is 27.8. The van der Waals surface area contributed by atoms with Gasteiger partial charge in [0.2, 0.25) is 23.8 Å². The average molecular weight is 773 g/mol. The lowest BCUT2D eigenvalue weighted by Crippen LogP contribution is -2.65. The maximum Gasteiger partial charge on any atom is 0.239 e. The molecule has 0 aliphatic carbocycles. The van der Waals surface area contributed by atoms with Crippen molar-refractivity contribution < 1.29 is 99.2 Å². The molecule has 13 N–H and O–H groups in total. The minimum atomic E-state index is -2.01. The number of benzene rings is 2. The quantitative estimate of drug-likeness (QED) is 0.0918. The van der Waals surface area contributed by atoms with Gasteiger partial charge in [-0.25, -0.2) is 0 Å². The summed E-state index contributed by atoms with van der Waals surface area (Å²) in [4.78, 5) is 14.2. The van der Waals surface area contributed by atoms with Gasteiger partial charge in [-0.2, -0.15) is 0 Å². The van der Waals surface area contributed by atoms with Gasteiger partial charge in [0.25, 0.3) is 0 Å². The molecule has 3 saturated heterocycles. The number of hydrogen-bond donors (Lipinski definition) is 13. The molecular formula is C33H40O21. The first-order valence-electron chi connectivity index (χ1n) is 16.5. The van der Waals surface area contributed by atoms with Crippen LogP contribution in [0.1, 0.15) is 0 Å². The molecule has 3 aliphatic rings. The van der Waals surface area contributed by atoms with Crippen LogP contribution in [0.5, 0.6) is 23.0 Å². The molecule has 0 radical (unpaired) electrons.